The number of ether oxygens (including phenoxy) is 1. The normalized spacial score (nSPS) is 19.3. The van der Waals surface area contributed by atoms with Gasteiger partial charge in [0.2, 0.25) is 0 Å². The fraction of sp³-hybridized carbons (Fsp3) is 0.667. The highest BCUT2D eigenvalue weighted by molar-refractivity contribution is 5.87. The molecule has 0 unspecified atom stereocenters. The molecular formula is C15H22N4O2. The lowest BCUT2D eigenvalue weighted by Crippen LogP contribution is -2.36. The Morgan fingerprint density at radius 2 is 2.33 bits per heavy atom. The predicted octanol–water partition coefficient (Wildman–Crippen LogP) is 2.57. The van der Waals surface area contributed by atoms with Crippen molar-refractivity contribution in [2.45, 2.75) is 32.6 Å². The highest BCUT2D eigenvalue weighted by Crippen LogP contribution is 2.30. The highest BCUT2D eigenvalue weighted by Gasteiger charge is 2.24. The van der Waals surface area contributed by atoms with Gasteiger partial charge in [0, 0.05) is 26.8 Å². The van der Waals surface area contributed by atoms with Crippen molar-refractivity contribution in [2.24, 2.45) is 5.92 Å². The quantitative estimate of drug-likeness (QED) is 0.789. The van der Waals surface area contributed by atoms with E-state index in [2.05, 4.69) is 20.0 Å². The molecule has 0 amide bonds. The largest absolute Gasteiger partial charge is 0.385 e. The molecule has 1 aliphatic heterocycles. The Morgan fingerprint density at radius 1 is 1.43 bits per heavy atom. The lowest BCUT2D eigenvalue weighted by atomic mass is 9.93. The Balaban J connectivity index is 1.77. The van der Waals surface area contributed by atoms with Gasteiger partial charge in [0.1, 0.15) is 17.5 Å². The summed E-state index contributed by atoms with van der Waals surface area (Å²) >= 11 is 0. The first-order valence-corrected chi connectivity index (χ1v) is 7.60. The van der Waals surface area contributed by atoms with E-state index in [0.717, 1.165) is 43.0 Å². The second kappa shape index (κ2) is 6.39. The van der Waals surface area contributed by atoms with Crippen LogP contribution in [0.1, 0.15) is 31.4 Å². The number of hydrogen-bond acceptors (Lipinski definition) is 6. The van der Waals surface area contributed by atoms with Gasteiger partial charge in [-0.25, -0.2) is 4.98 Å². The van der Waals surface area contributed by atoms with Crippen LogP contribution in [-0.4, -0.2) is 41.9 Å². The fourth-order valence-corrected chi connectivity index (χ4v) is 3.15. The van der Waals surface area contributed by atoms with Gasteiger partial charge in [-0.15, -0.1) is 0 Å². The number of rotatable bonds is 5. The van der Waals surface area contributed by atoms with E-state index < -0.39 is 0 Å². The Morgan fingerprint density at radius 3 is 3.19 bits per heavy atom. The van der Waals surface area contributed by atoms with Crippen molar-refractivity contribution in [3.05, 3.63) is 12.0 Å². The first-order valence-electron chi connectivity index (χ1n) is 7.60. The zero-order valence-electron chi connectivity index (χ0n) is 12.7. The topological polar surface area (TPSA) is 64.3 Å². The first kappa shape index (κ1) is 14.3. The number of aryl methyl sites for hydroxylation is 1. The molecule has 0 spiro atoms. The number of fused-ring (bicyclic) bond motifs is 1. The Kier molecular flexibility index (Phi) is 4.34. The van der Waals surface area contributed by atoms with Crippen molar-refractivity contribution in [3.8, 4) is 0 Å². The standard InChI is InChI=1S/C15H22N4O2/c1-11-13-14(16-10-17-15(13)21-18-11)19-7-3-5-12(9-19)6-4-8-20-2/h10,12H,3-9H2,1-2H3/t12-/m1/s1. The summed E-state index contributed by atoms with van der Waals surface area (Å²) in [6.45, 7) is 4.87. The van der Waals surface area contributed by atoms with Crippen molar-refractivity contribution < 1.29 is 9.26 Å². The second-order valence-corrected chi connectivity index (χ2v) is 5.73. The van der Waals surface area contributed by atoms with Crippen LogP contribution in [0, 0.1) is 12.8 Å². The molecule has 114 valence electrons. The van der Waals surface area contributed by atoms with Crippen LogP contribution in [0.3, 0.4) is 0 Å². The molecule has 0 aromatic carbocycles. The zero-order valence-corrected chi connectivity index (χ0v) is 12.7. The molecule has 3 rings (SSSR count). The van der Waals surface area contributed by atoms with E-state index in [9.17, 15) is 0 Å². The van der Waals surface area contributed by atoms with E-state index in [1.54, 1.807) is 13.4 Å². The van der Waals surface area contributed by atoms with Gasteiger partial charge < -0.3 is 14.2 Å². The van der Waals surface area contributed by atoms with Gasteiger partial charge in [0.05, 0.1) is 5.69 Å². The van der Waals surface area contributed by atoms with Crippen molar-refractivity contribution in [3.63, 3.8) is 0 Å². The maximum Gasteiger partial charge on any atom is 0.263 e. The molecular weight excluding hydrogens is 268 g/mol. The Bertz CT molecular complexity index is 598. The van der Waals surface area contributed by atoms with Gasteiger partial charge >= 0.3 is 0 Å². The van der Waals surface area contributed by atoms with Crippen molar-refractivity contribution in [1.29, 1.82) is 0 Å². The Hall–Kier alpha value is -1.69. The van der Waals surface area contributed by atoms with Crippen molar-refractivity contribution >= 4 is 16.9 Å². The van der Waals surface area contributed by atoms with Crippen LogP contribution in [0.2, 0.25) is 0 Å². The van der Waals surface area contributed by atoms with Gasteiger partial charge in [0.15, 0.2) is 0 Å². The lowest BCUT2D eigenvalue weighted by Gasteiger charge is -2.33. The number of anilines is 1. The smallest absolute Gasteiger partial charge is 0.263 e. The van der Waals surface area contributed by atoms with E-state index in [0.29, 0.717) is 11.6 Å². The zero-order chi connectivity index (χ0) is 14.7. The molecule has 21 heavy (non-hydrogen) atoms. The van der Waals surface area contributed by atoms with E-state index in [1.807, 2.05) is 6.92 Å². The lowest BCUT2D eigenvalue weighted by molar-refractivity contribution is 0.184. The van der Waals surface area contributed by atoms with Crippen LogP contribution < -0.4 is 4.90 Å². The molecule has 6 heteroatoms. The van der Waals surface area contributed by atoms with Gasteiger partial charge in [-0.2, -0.15) is 4.98 Å². The number of hydrogen-bond donors (Lipinski definition) is 0. The van der Waals surface area contributed by atoms with E-state index in [1.165, 1.54) is 19.3 Å². The summed E-state index contributed by atoms with van der Waals surface area (Å²) in [7, 11) is 1.76. The monoisotopic (exact) mass is 290 g/mol. The van der Waals surface area contributed by atoms with Crippen molar-refractivity contribution in [1.82, 2.24) is 15.1 Å². The van der Waals surface area contributed by atoms with E-state index in [-0.39, 0.29) is 0 Å². The molecule has 0 saturated carbocycles. The van der Waals surface area contributed by atoms with Crippen molar-refractivity contribution in [2.75, 3.05) is 31.7 Å². The van der Waals surface area contributed by atoms with Crippen LogP contribution in [0.5, 0.6) is 0 Å². The molecule has 0 N–H and O–H groups in total. The number of methoxy groups -OCH3 is 1. The number of nitrogens with zero attached hydrogens (tertiary/aromatic N) is 4. The molecule has 6 nitrogen and oxygen atoms in total. The summed E-state index contributed by atoms with van der Waals surface area (Å²) in [5, 5.41) is 4.96. The van der Waals surface area contributed by atoms with Crippen LogP contribution in [0.25, 0.3) is 11.1 Å². The maximum absolute atomic E-state index is 5.24. The molecule has 0 radical (unpaired) electrons. The molecule has 1 aliphatic rings. The highest BCUT2D eigenvalue weighted by atomic mass is 16.5. The molecule has 0 aliphatic carbocycles. The molecule has 2 aromatic rings. The summed E-state index contributed by atoms with van der Waals surface area (Å²) in [6, 6.07) is 0. The van der Waals surface area contributed by atoms with Crippen LogP contribution in [0.15, 0.2) is 10.9 Å². The minimum Gasteiger partial charge on any atom is -0.385 e. The molecule has 0 bridgehead atoms. The van der Waals surface area contributed by atoms with E-state index >= 15 is 0 Å². The average Bonchev–Trinajstić information content (AvgIpc) is 2.90. The third-order valence-corrected chi connectivity index (χ3v) is 4.20. The molecule has 3 heterocycles. The van der Waals surface area contributed by atoms with Gasteiger partial charge in [-0.3, -0.25) is 0 Å². The molecule has 1 saturated heterocycles. The maximum atomic E-state index is 5.24. The summed E-state index contributed by atoms with van der Waals surface area (Å²) < 4.78 is 10.4. The summed E-state index contributed by atoms with van der Waals surface area (Å²) in [5.74, 6) is 1.68. The minimum atomic E-state index is 0.582. The predicted molar refractivity (Wildman–Crippen MR) is 80.4 cm³/mol. The molecule has 1 fully saturated rings. The van der Waals surface area contributed by atoms with Crippen LogP contribution in [0.4, 0.5) is 5.82 Å². The SMILES string of the molecule is COCCC[C@H]1CCCN(c2ncnc3onc(C)c23)C1. The number of aromatic nitrogens is 3. The summed E-state index contributed by atoms with van der Waals surface area (Å²) in [6.07, 6.45) is 6.39. The van der Waals surface area contributed by atoms with Gasteiger partial charge in [0.25, 0.3) is 5.71 Å². The average molecular weight is 290 g/mol. The first-order chi connectivity index (χ1) is 10.3. The molecule has 2 aromatic heterocycles. The minimum absolute atomic E-state index is 0.582. The summed E-state index contributed by atoms with van der Waals surface area (Å²) in [5.41, 5.74) is 1.45. The Labute approximate surface area is 124 Å². The van der Waals surface area contributed by atoms with E-state index in [4.69, 9.17) is 9.26 Å². The number of piperidine rings is 1. The van der Waals surface area contributed by atoms with Gasteiger partial charge in [-0.1, -0.05) is 5.16 Å². The fourth-order valence-electron chi connectivity index (χ4n) is 3.15. The second-order valence-electron chi connectivity index (χ2n) is 5.73. The third kappa shape index (κ3) is 3.00. The third-order valence-electron chi connectivity index (χ3n) is 4.20. The van der Waals surface area contributed by atoms with Crippen LogP contribution >= 0.6 is 0 Å². The summed E-state index contributed by atoms with van der Waals surface area (Å²) in [4.78, 5) is 11.0. The molecule has 1 atom stereocenters. The van der Waals surface area contributed by atoms with Crippen LogP contribution in [-0.2, 0) is 4.74 Å². The van der Waals surface area contributed by atoms with Gasteiger partial charge in [-0.05, 0) is 38.5 Å².